The van der Waals surface area contributed by atoms with Gasteiger partial charge in [-0.2, -0.15) is 0 Å². The van der Waals surface area contributed by atoms with Crippen LogP contribution in [0, 0.1) is 11.8 Å². The first-order valence-electron chi connectivity index (χ1n) is 13.3. The molecule has 9 heteroatoms. The molecule has 38 heavy (non-hydrogen) atoms. The number of ketones is 1. The van der Waals surface area contributed by atoms with Crippen LogP contribution in [0.5, 0.6) is 0 Å². The zero-order chi connectivity index (χ0) is 26.9. The number of amides is 2. The van der Waals surface area contributed by atoms with Crippen LogP contribution in [0.3, 0.4) is 0 Å². The summed E-state index contributed by atoms with van der Waals surface area (Å²) in [5.41, 5.74) is 1.86. The molecule has 1 saturated heterocycles. The molecule has 0 bridgehead atoms. The Morgan fingerprint density at radius 3 is 2.47 bits per heavy atom. The Bertz CT molecular complexity index is 1190. The van der Waals surface area contributed by atoms with Crippen LogP contribution in [-0.2, 0) is 16.0 Å². The van der Waals surface area contributed by atoms with E-state index >= 15 is 0 Å². The van der Waals surface area contributed by atoms with E-state index in [-0.39, 0.29) is 30.3 Å². The number of hydrogen-bond donors (Lipinski definition) is 3. The number of rotatable bonds is 11. The van der Waals surface area contributed by atoms with E-state index < -0.39 is 18.0 Å². The summed E-state index contributed by atoms with van der Waals surface area (Å²) in [4.78, 5) is 43.1. The van der Waals surface area contributed by atoms with Gasteiger partial charge in [0.05, 0.1) is 16.8 Å². The highest BCUT2D eigenvalue weighted by atomic mass is 32.1. The summed E-state index contributed by atoms with van der Waals surface area (Å²) in [5, 5.41) is 9.18. The number of nitrogens with one attached hydrogen (secondary N) is 3. The summed E-state index contributed by atoms with van der Waals surface area (Å²) in [6, 6.07) is 16.7. The van der Waals surface area contributed by atoms with E-state index in [0.717, 1.165) is 41.7 Å². The second kappa shape index (κ2) is 13.5. The van der Waals surface area contributed by atoms with Crippen molar-refractivity contribution in [3.8, 4) is 0 Å². The highest BCUT2D eigenvalue weighted by molar-refractivity contribution is 7.20. The molecule has 0 radical (unpaired) electrons. The average Bonchev–Trinajstić information content (AvgIpc) is 3.36. The molecule has 0 saturated carbocycles. The number of hydrogen-bond acceptors (Lipinski definition) is 7. The number of fused-ring (bicyclic) bond motifs is 1. The molecule has 2 unspecified atom stereocenters. The lowest BCUT2D eigenvalue weighted by atomic mass is 9.88. The fourth-order valence-electron chi connectivity index (χ4n) is 4.74. The lowest BCUT2D eigenvalue weighted by Crippen LogP contribution is -2.50. The van der Waals surface area contributed by atoms with Crippen LogP contribution < -0.4 is 16.0 Å². The van der Waals surface area contributed by atoms with Gasteiger partial charge in [-0.25, -0.2) is 9.78 Å². The summed E-state index contributed by atoms with van der Waals surface area (Å²) < 4.78 is 6.87. The smallest absolute Gasteiger partial charge is 0.408 e. The second-order valence-electron chi connectivity index (χ2n) is 10.2. The van der Waals surface area contributed by atoms with E-state index in [2.05, 4.69) is 20.9 Å². The van der Waals surface area contributed by atoms with Gasteiger partial charge >= 0.3 is 6.09 Å². The molecule has 1 aliphatic rings. The number of carbonyl (C=O) groups is 3. The maximum Gasteiger partial charge on any atom is 0.408 e. The molecule has 3 N–H and O–H groups in total. The molecule has 202 valence electrons. The third-order valence-electron chi connectivity index (χ3n) is 6.72. The van der Waals surface area contributed by atoms with E-state index in [9.17, 15) is 14.4 Å². The number of ether oxygens (including phenoxy) is 1. The summed E-state index contributed by atoms with van der Waals surface area (Å²) >= 11 is 1.30. The molecule has 2 aromatic carbocycles. The topological polar surface area (TPSA) is 109 Å². The molecule has 1 aliphatic heterocycles. The zero-order valence-corrected chi connectivity index (χ0v) is 22.8. The van der Waals surface area contributed by atoms with Crippen molar-refractivity contribution < 1.29 is 19.1 Å². The van der Waals surface area contributed by atoms with Gasteiger partial charge in [0.1, 0.15) is 12.1 Å². The van der Waals surface area contributed by atoms with Gasteiger partial charge in [-0.05, 0) is 61.9 Å². The standard InChI is InChI=1S/C29H36N4O4S/c1-19(2)16-23(27(35)31-18-24(34)28-32-22-10-6-7-11-26(22)38-28)33-29(36)37-25(21-12-14-30-15-13-21)17-20-8-4-3-5-9-20/h3-11,19,21,23,25,30H,12-18H2,1-2H3,(H,31,35)(H,33,36). The SMILES string of the molecule is CC(C)CC(NC(=O)OC(Cc1ccccc1)C1CCNCC1)C(=O)NCC(=O)c1nc2ccccc2s1. The van der Waals surface area contributed by atoms with Crippen molar-refractivity contribution in [1.29, 1.82) is 0 Å². The third kappa shape index (κ3) is 7.85. The fraction of sp³-hybridized carbons (Fsp3) is 0.448. The molecule has 8 nitrogen and oxygen atoms in total. The lowest BCUT2D eigenvalue weighted by molar-refractivity contribution is -0.123. The Morgan fingerprint density at radius 1 is 1.05 bits per heavy atom. The molecule has 2 atom stereocenters. The van der Waals surface area contributed by atoms with Crippen molar-refractivity contribution in [2.45, 2.75) is 51.7 Å². The number of aromatic nitrogens is 1. The van der Waals surface area contributed by atoms with E-state index in [1.165, 1.54) is 11.3 Å². The quantitative estimate of drug-likeness (QED) is 0.315. The molecule has 3 aromatic rings. The molecular weight excluding hydrogens is 500 g/mol. The van der Waals surface area contributed by atoms with Crippen LogP contribution >= 0.6 is 11.3 Å². The normalized spacial score (nSPS) is 15.7. The van der Waals surface area contributed by atoms with Crippen molar-refractivity contribution in [2.24, 2.45) is 11.8 Å². The first kappa shape index (κ1) is 27.7. The highest BCUT2D eigenvalue weighted by Gasteiger charge is 2.29. The highest BCUT2D eigenvalue weighted by Crippen LogP contribution is 2.23. The van der Waals surface area contributed by atoms with Gasteiger partial charge in [0.2, 0.25) is 11.7 Å². The monoisotopic (exact) mass is 536 g/mol. The van der Waals surface area contributed by atoms with Gasteiger partial charge in [-0.1, -0.05) is 56.3 Å². The van der Waals surface area contributed by atoms with Crippen molar-refractivity contribution in [3.05, 3.63) is 65.2 Å². The first-order valence-corrected chi connectivity index (χ1v) is 14.1. The van der Waals surface area contributed by atoms with Gasteiger partial charge in [0.15, 0.2) is 5.01 Å². The maximum absolute atomic E-state index is 13.0. The molecule has 0 aliphatic carbocycles. The average molecular weight is 537 g/mol. The Morgan fingerprint density at radius 2 is 1.76 bits per heavy atom. The summed E-state index contributed by atoms with van der Waals surface area (Å²) in [6.45, 7) is 5.55. The van der Waals surface area contributed by atoms with Gasteiger partial charge < -0.3 is 20.7 Å². The molecule has 1 aromatic heterocycles. The molecule has 1 fully saturated rings. The van der Waals surface area contributed by atoms with Gasteiger partial charge in [-0.15, -0.1) is 11.3 Å². The van der Waals surface area contributed by atoms with E-state index in [1.807, 2.05) is 68.4 Å². The van der Waals surface area contributed by atoms with E-state index in [1.54, 1.807) is 0 Å². The molecule has 4 rings (SSSR count). The number of carbonyl (C=O) groups excluding carboxylic acids is 3. The summed E-state index contributed by atoms with van der Waals surface area (Å²) in [7, 11) is 0. The Hall–Kier alpha value is -3.30. The van der Waals surface area contributed by atoms with Crippen molar-refractivity contribution >= 4 is 39.3 Å². The number of Topliss-reactive ketones (excluding diaryl/α,β-unsaturated/α-hetero) is 1. The van der Waals surface area contributed by atoms with Gasteiger partial charge in [-0.3, -0.25) is 9.59 Å². The van der Waals surface area contributed by atoms with Gasteiger partial charge in [0.25, 0.3) is 0 Å². The predicted molar refractivity (Wildman–Crippen MR) is 149 cm³/mol. The van der Waals surface area contributed by atoms with E-state index in [4.69, 9.17) is 4.74 Å². The molecular formula is C29H36N4O4S. The van der Waals surface area contributed by atoms with Crippen LogP contribution in [0.25, 0.3) is 10.2 Å². The van der Waals surface area contributed by atoms with Crippen LogP contribution in [0.4, 0.5) is 4.79 Å². The summed E-state index contributed by atoms with van der Waals surface area (Å²) in [5.74, 6) is -0.285. The Balaban J connectivity index is 1.37. The lowest BCUT2D eigenvalue weighted by Gasteiger charge is -2.31. The van der Waals surface area contributed by atoms with Crippen LogP contribution in [0.2, 0.25) is 0 Å². The molecule has 2 amide bonds. The third-order valence-corrected chi connectivity index (χ3v) is 7.80. The number of para-hydroxylation sites is 1. The van der Waals surface area contributed by atoms with Crippen LogP contribution in [0.1, 0.15) is 48.5 Å². The largest absolute Gasteiger partial charge is 0.446 e. The van der Waals surface area contributed by atoms with Crippen molar-refractivity contribution in [1.82, 2.24) is 20.9 Å². The number of alkyl carbamates (subject to hydrolysis) is 1. The first-order chi connectivity index (χ1) is 18.4. The van der Waals surface area contributed by atoms with Crippen molar-refractivity contribution in [3.63, 3.8) is 0 Å². The number of thiazole rings is 1. The minimum Gasteiger partial charge on any atom is -0.446 e. The van der Waals surface area contributed by atoms with Crippen molar-refractivity contribution in [2.75, 3.05) is 19.6 Å². The van der Waals surface area contributed by atoms with E-state index in [0.29, 0.717) is 17.8 Å². The fourth-order valence-corrected chi connectivity index (χ4v) is 5.64. The summed E-state index contributed by atoms with van der Waals surface area (Å²) in [6.07, 6.45) is 2.00. The predicted octanol–water partition coefficient (Wildman–Crippen LogP) is 4.35. The Labute approximate surface area is 227 Å². The molecule has 0 spiro atoms. The number of nitrogens with zero attached hydrogens (tertiary/aromatic N) is 1. The molecule has 2 heterocycles. The number of benzene rings is 2. The van der Waals surface area contributed by atoms with Crippen LogP contribution in [0.15, 0.2) is 54.6 Å². The maximum atomic E-state index is 13.0. The Kier molecular flexibility index (Phi) is 9.84. The van der Waals surface area contributed by atoms with Gasteiger partial charge in [0, 0.05) is 6.42 Å². The number of piperidine rings is 1. The minimum atomic E-state index is -0.809. The second-order valence-corrected chi connectivity index (χ2v) is 11.2. The zero-order valence-electron chi connectivity index (χ0n) is 21.9. The van der Waals surface area contributed by atoms with Crippen LogP contribution in [-0.4, -0.2) is 54.5 Å². The minimum absolute atomic E-state index is 0.149.